The first kappa shape index (κ1) is 8.45. The van der Waals surface area contributed by atoms with Crippen LogP contribution in [0.25, 0.3) is 0 Å². The monoisotopic (exact) mass is 189 g/mol. The van der Waals surface area contributed by atoms with Crippen molar-refractivity contribution in [3.05, 3.63) is 59.2 Å². The molecule has 13 heavy (non-hydrogen) atoms. The van der Waals surface area contributed by atoms with Crippen LogP contribution in [0.2, 0.25) is 0 Å². The highest BCUT2D eigenvalue weighted by atomic mass is 32.2. The molecule has 1 aliphatic heterocycles. The first-order valence-corrected chi connectivity index (χ1v) is 5.14. The van der Waals surface area contributed by atoms with Crippen LogP contribution in [0.5, 0.6) is 0 Å². The van der Waals surface area contributed by atoms with Gasteiger partial charge in [0.2, 0.25) is 0 Å². The standard InChI is InChI=1S/C11H11NS/c1-2-5-10(6-3-1)9-11-7-4-8-13-12-11/h1-8,12H,9H2. The van der Waals surface area contributed by atoms with Crippen LogP contribution in [0.4, 0.5) is 0 Å². The molecule has 0 spiro atoms. The van der Waals surface area contributed by atoms with E-state index in [1.165, 1.54) is 11.3 Å². The lowest BCUT2D eigenvalue weighted by Gasteiger charge is -2.10. The van der Waals surface area contributed by atoms with E-state index in [0.717, 1.165) is 6.42 Å². The van der Waals surface area contributed by atoms with E-state index in [1.807, 2.05) is 11.5 Å². The van der Waals surface area contributed by atoms with Gasteiger partial charge in [-0.05, 0) is 29.0 Å². The summed E-state index contributed by atoms with van der Waals surface area (Å²) in [4.78, 5) is 0. The van der Waals surface area contributed by atoms with E-state index in [9.17, 15) is 0 Å². The van der Waals surface area contributed by atoms with Crippen molar-refractivity contribution >= 4 is 11.9 Å². The largest absolute Gasteiger partial charge is 0.330 e. The number of hydrogen-bond donors (Lipinski definition) is 1. The van der Waals surface area contributed by atoms with Gasteiger partial charge < -0.3 is 4.72 Å². The van der Waals surface area contributed by atoms with E-state index in [-0.39, 0.29) is 0 Å². The molecule has 2 rings (SSSR count). The maximum absolute atomic E-state index is 3.26. The first-order valence-electron chi connectivity index (χ1n) is 4.26. The van der Waals surface area contributed by atoms with Gasteiger partial charge in [-0.2, -0.15) is 0 Å². The lowest BCUT2D eigenvalue weighted by molar-refractivity contribution is 1.05. The average Bonchev–Trinajstić information content (AvgIpc) is 2.21. The van der Waals surface area contributed by atoms with Crippen LogP contribution in [-0.4, -0.2) is 0 Å². The second kappa shape index (κ2) is 4.19. The van der Waals surface area contributed by atoms with Crippen LogP contribution in [0, 0.1) is 0 Å². The summed E-state index contributed by atoms with van der Waals surface area (Å²) < 4.78 is 3.26. The Morgan fingerprint density at radius 1 is 1.15 bits per heavy atom. The molecule has 0 aromatic heterocycles. The molecule has 66 valence electrons. The predicted molar refractivity (Wildman–Crippen MR) is 58.1 cm³/mol. The Hall–Kier alpha value is -1.15. The van der Waals surface area contributed by atoms with Crippen LogP contribution >= 0.6 is 11.9 Å². The fourth-order valence-electron chi connectivity index (χ4n) is 1.25. The molecular weight excluding hydrogens is 178 g/mol. The van der Waals surface area contributed by atoms with Crippen LogP contribution in [0.3, 0.4) is 0 Å². The minimum Gasteiger partial charge on any atom is -0.330 e. The van der Waals surface area contributed by atoms with Crippen molar-refractivity contribution in [3.8, 4) is 0 Å². The molecule has 0 saturated heterocycles. The summed E-state index contributed by atoms with van der Waals surface area (Å²) in [6.45, 7) is 0. The molecule has 2 heteroatoms. The fraction of sp³-hybridized carbons (Fsp3) is 0.0909. The number of allylic oxidation sites excluding steroid dienone is 3. The zero-order chi connectivity index (χ0) is 8.93. The Morgan fingerprint density at radius 3 is 2.69 bits per heavy atom. The topological polar surface area (TPSA) is 12.0 Å². The summed E-state index contributed by atoms with van der Waals surface area (Å²) in [5, 5.41) is 2.04. The highest BCUT2D eigenvalue weighted by Crippen LogP contribution is 2.13. The molecule has 1 heterocycles. The van der Waals surface area contributed by atoms with Gasteiger partial charge in [0.05, 0.1) is 0 Å². The Balaban J connectivity index is 2.06. The van der Waals surface area contributed by atoms with Crippen molar-refractivity contribution in [2.45, 2.75) is 6.42 Å². The van der Waals surface area contributed by atoms with Gasteiger partial charge in [0.25, 0.3) is 0 Å². The Morgan fingerprint density at radius 2 is 2.00 bits per heavy atom. The second-order valence-electron chi connectivity index (χ2n) is 2.90. The highest BCUT2D eigenvalue weighted by molar-refractivity contribution is 8.00. The number of nitrogens with one attached hydrogen (secondary N) is 1. The van der Waals surface area contributed by atoms with Crippen molar-refractivity contribution < 1.29 is 0 Å². The van der Waals surface area contributed by atoms with Crippen LogP contribution in [0.15, 0.2) is 53.6 Å². The molecule has 0 bridgehead atoms. The average molecular weight is 189 g/mol. The van der Waals surface area contributed by atoms with Gasteiger partial charge in [-0.1, -0.05) is 36.4 Å². The molecule has 1 nitrogen and oxygen atoms in total. The van der Waals surface area contributed by atoms with Crippen molar-refractivity contribution in [1.82, 2.24) is 4.72 Å². The van der Waals surface area contributed by atoms with Crippen molar-refractivity contribution in [2.24, 2.45) is 0 Å². The zero-order valence-electron chi connectivity index (χ0n) is 7.23. The van der Waals surface area contributed by atoms with Gasteiger partial charge in [0.15, 0.2) is 0 Å². The van der Waals surface area contributed by atoms with Crippen molar-refractivity contribution in [1.29, 1.82) is 0 Å². The van der Waals surface area contributed by atoms with Gasteiger partial charge in [0, 0.05) is 12.1 Å². The van der Waals surface area contributed by atoms with E-state index >= 15 is 0 Å². The Kier molecular flexibility index (Phi) is 2.72. The second-order valence-corrected chi connectivity index (χ2v) is 3.61. The van der Waals surface area contributed by atoms with Gasteiger partial charge in [0.1, 0.15) is 0 Å². The lowest BCUT2D eigenvalue weighted by Crippen LogP contribution is -2.06. The van der Waals surface area contributed by atoms with Gasteiger partial charge in [-0.3, -0.25) is 0 Å². The molecular formula is C11H11NS. The number of hydrogen-bond acceptors (Lipinski definition) is 2. The van der Waals surface area contributed by atoms with E-state index in [4.69, 9.17) is 0 Å². The van der Waals surface area contributed by atoms with Gasteiger partial charge >= 0.3 is 0 Å². The summed E-state index contributed by atoms with van der Waals surface area (Å²) in [5.74, 6) is 0. The smallest absolute Gasteiger partial charge is 0.0258 e. The molecule has 0 amide bonds. The lowest BCUT2D eigenvalue weighted by atomic mass is 10.1. The molecule has 0 atom stereocenters. The normalized spacial score (nSPS) is 14.9. The van der Waals surface area contributed by atoms with Crippen molar-refractivity contribution in [3.63, 3.8) is 0 Å². The fourth-order valence-corrected chi connectivity index (χ4v) is 1.77. The van der Waals surface area contributed by atoms with Crippen molar-refractivity contribution in [2.75, 3.05) is 0 Å². The third-order valence-electron chi connectivity index (χ3n) is 1.87. The molecule has 0 aliphatic carbocycles. The molecule has 0 radical (unpaired) electrons. The summed E-state index contributed by atoms with van der Waals surface area (Å²) in [6.07, 6.45) is 5.17. The SMILES string of the molecule is C1=CSNC(Cc2ccccc2)=C1. The van der Waals surface area contributed by atoms with Gasteiger partial charge in [-0.25, -0.2) is 0 Å². The maximum Gasteiger partial charge on any atom is 0.0258 e. The van der Waals surface area contributed by atoms with E-state index in [0.29, 0.717) is 0 Å². The molecule has 1 aromatic carbocycles. The van der Waals surface area contributed by atoms with E-state index < -0.39 is 0 Å². The maximum atomic E-state index is 3.26. The molecule has 1 aromatic rings. The van der Waals surface area contributed by atoms with Gasteiger partial charge in [-0.15, -0.1) is 0 Å². The molecule has 0 saturated carbocycles. The number of rotatable bonds is 2. The van der Waals surface area contributed by atoms with Crippen LogP contribution in [-0.2, 0) is 6.42 Å². The third-order valence-corrected chi connectivity index (χ3v) is 2.54. The minimum atomic E-state index is 0.984. The summed E-state index contributed by atoms with van der Waals surface area (Å²) in [6, 6.07) is 10.5. The summed E-state index contributed by atoms with van der Waals surface area (Å²) in [7, 11) is 0. The first-order chi connectivity index (χ1) is 6.45. The quantitative estimate of drug-likeness (QED) is 0.718. The highest BCUT2D eigenvalue weighted by Gasteiger charge is 1.99. The molecule has 1 N–H and O–H groups in total. The van der Waals surface area contributed by atoms with Crippen LogP contribution < -0.4 is 4.72 Å². The number of benzene rings is 1. The predicted octanol–water partition coefficient (Wildman–Crippen LogP) is 2.88. The third kappa shape index (κ3) is 2.39. The summed E-state index contributed by atoms with van der Waals surface area (Å²) >= 11 is 1.62. The molecule has 0 unspecified atom stereocenters. The molecule has 1 aliphatic rings. The minimum absolute atomic E-state index is 0.984. The Bertz CT molecular complexity index is 327. The van der Waals surface area contributed by atoms with E-state index in [1.54, 1.807) is 11.9 Å². The molecule has 0 fully saturated rings. The van der Waals surface area contributed by atoms with Crippen LogP contribution in [0.1, 0.15) is 5.56 Å². The zero-order valence-corrected chi connectivity index (χ0v) is 8.05. The van der Waals surface area contributed by atoms with E-state index in [2.05, 4.69) is 41.1 Å². The summed E-state index contributed by atoms with van der Waals surface area (Å²) in [5.41, 5.74) is 2.61. The Labute approximate surface area is 82.7 Å².